The van der Waals surface area contributed by atoms with E-state index < -0.39 is 17.8 Å². The van der Waals surface area contributed by atoms with Gasteiger partial charge in [0.2, 0.25) is 5.91 Å². The SMILES string of the molecule is Cc1cccc(F)c1C(=O)N1[C@@H]2CCC[C@@H]2C[C@H](C(=O)Nc2ccc3nn(CCO)cc3c2)[C@@H]1c1ccc(NC2CCOCC2)cc1. The van der Waals surface area contributed by atoms with Crippen molar-refractivity contribution in [2.24, 2.45) is 11.8 Å². The number of nitrogens with one attached hydrogen (secondary N) is 2. The number of piperidine rings is 1. The van der Waals surface area contributed by atoms with Gasteiger partial charge in [0.25, 0.3) is 5.91 Å². The average molecular weight is 640 g/mol. The minimum atomic E-state index is -0.575. The van der Waals surface area contributed by atoms with Gasteiger partial charge in [0.15, 0.2) is 0 Å². The number of halogens is 1. The molecule has 2 saturated heterocycles. The lowest BCUT2D eigenvalue weighted by molar-refractivity contribution is -0.125. The molecule has 47 heavy (non-hydrogen) atoms. The Morgan fingerprint density at radius 2 is 1.81 bits per heavy atom. The summed E-state index contributed by atoms with van der Waals surface area (Å²) < 4.78 is 22.6. The molecule has 1 aliphatic carbocycles. The summed E-state index contributed by atoms with van der Waals surface area (Å²) in [5.41, 5.74) is 3.91. The minimum Gasteiger partial charge on any atom is -0.394 e. The summed E-state index contributed by atoms with van der Waals surface area (Å²) in [6, 6.07) is 18.0. The Balaban J connectivity index is 1.24. The van der Waals surface area contributed by atoms with Gasteiger partial charge < -0.3 is 25.4 Å². The lowest BCUT2D eigenvalue weighted by atomic mass is 9.76. The highest BCUT2D eigenvalue weighted by Crippen LogP contribution is 2.49. The monoisotopic (exact) mass is 639 g/mol. The van der Waals surface area contributed by atoms with Gasteiger partial charge >= 0.3 is 0 Å². The predicted molar refractivity (Wildman–Crippen MR) is 179 cm³/mol. The zero-order valence-corrected chi connectivity index (χ0v) is 26.7. The Morgan fingerprint density at radius 3 is 2.57 bits per heavy atom. The summed E-state index contributed by atoms with van der Waals surface area (Å²) in [5, 5.41) is 21.4. The number of likely N-dealkylation sites (tertiary alicyclic amines) is 1. The van der Waals surface area contributed by atoms with E-state index in [1.807, 2.05) is 53.6 Å². The molecule has 0 unspecified atom stereocenters. The number of hydrogen-bond donors (Lipinski definition) is 3. The van der Waals surface area contributed by atoms with Gasteiger partial charge in [0.1, 0.15) is 5.82 Å². The van der Waals surface area contributed by atoms with E-state index in [1.54, 1.807) is 23.7 Å². The molecule has 2 amide bonds. The number of carbonyl (C=O) groups is 2. The lowest BCUT2D eigenvalue weighted by Crippen LogP contribution is -2.54. The van der Waals surface area contributed by atoms with Crippen molar-refractivity contribution < 1.29 is 23.8 Å². The maximum Gasteiger partial charge on any atom is 0.257 e. The highest BCUT2D eigenvalue weighted by atomic mass is 19.1. The molecule has 3 fully saturated rings. The summed E-state index contributed by atoms with van der Waals surface area (Å²) in [6.45, 7) is 3.61. The Kier molecular flexibility index (Phi) is 8.96. The normalized spacial score (nSPS) is 23.1. The second-order valence-electron chi connectivity index (χ2n) is 13.2. The van der Waals surface area contributed by atoms with Gasteiger partial charge in [-0.1, -0.05) is 30.7 Å². The van der Waals surface area contributed by atoms with E-state index in [0.29, 0.717) is 30.3 Å². The molecular weight excluding hydrogens is 597 g/mol. The van der Waals surface area contributed by atoms with Crippen LogP contribution in [-0.4, -0.2) is 63.5 Å². The molecule has 4 aromatic rings. The Hall–Kier alpha value is -4.28. The predicted octanol–water partition coefficient (Wildman–Crippen LogP) is 6.08. The van der Waals surface area contributed by atoms with E-state index >= 15 is 4.39 Å². The van der Waals surface area contributed by atoms with Gasteiger partial charge in [0, 0.05) is 48.3 Å². The molecule has 4 atom stereocenters. The molecule has 0 radical (unpaired) electrons. The van der Waals surface area contributed by atoms with Crippen LogP contribution >= 0.6 is 0 Å². The van der Waals surface area contributed by atoms with Crippen LogP contribution in [0.4, 0.5) is 15.8 Å². The summed E-state index contributed by atoms with van der Waals surface area (Å²) >= 11 is 0. The summed E-state index contributed by atoms with van der Waals surface area (Å²) in [7, 11) is 0. The largest absolute Gasteiger partial charge is 0.394 e. The van der Waals surface area contributed by atoms with Crippen molar-refractivity contribution in [2.75, 3.05) is 30.5 Å². The van der Waals surface area contributed by atoms with Gasteiger partial charge in [-0.05, 0) is 92.5 Å². The van der Waals surface area contributed by atoms with Gasteiger partial charge in [-0.3, -0.25) is 14.3 Å². The summed E-state index contributed by atoms with van der Waals surface area (Å²) in [4.78, 5) is 30.7. The van der Waals surface area contributed by atoms with E-state index in [-0.39, 0.29) is 35.9 Å². The van der Waals surface area contributed by atoms with Gasteiger partial charge in [0.05, 0.1) is 36.2 Å². The number of fused-ring (bicyclic) bond motifs is 2. The van der Waals surface area contributed by atoms with E-state index in [4.69, 9.17) is 4.74 Å². The number of ether oxygens (including phenoxy) is 1. The van der Waals surface area contributed by atoms with Crippen LogP contribution in [0, 0.1) is 24.6 Å². The van der Waals surface area contributed by atoms with Crippen molar-refractivity contribution in [3.63, 3.8) is 0 Å². The number of aromatic nitrogens is 2. The van der Waals surface area contributed by atoms with Crippen LogP contribution in [0.2, 0.25) is 0 Å². The number of aliphatic hydroxyl groups excluding tert-OH is 1. The number of hydrogen-bond acceptors (Lipinski definition) is 6. The average Bonchev–Trinajstić information content (AvgIpc) is 3.71. The highest BCUT2D eigenvalue weighted by Gasteiger charge is 2.50. The number of nitrogens with zero attached hydrogens (tertiary/aromatic N) is 3. The van der Waals surface area contributed by atoms with Crippen molar-refractivity contribution in [2.45, 2.75) is 70.1 Å². The van der Waals surface area contributed by atoms with Crippen LogP contribution < -0.4 is 10.6 Å². The molecule has 10 heteroatoms. The van der Waals surface area contributed by atoms with Crippen LogP contribution in [0.3, 0.4) is 0 Å². The molecule has 246 valence electrons. The van der Waals surface area contributed by atoms with Crippen LogP contribution in [0.1, 0.15) is 66.1 Å². The molecule has 3 N–H and O–H groups in total. The molecule has 0 bridgehead atoms. The van der Waals surface area contributed by atoms with E-state index in [0.717, 1.165) is 67.5 Å². The minimum absolute atomic E-state index is 0.0168. The number of amides is 2. The smallest absolute Gasteiger partial charge is 0.257 e. The zero-order valence-electron chi connectivity index (χ0n) is 26.7. The molecule has 9 nitrogen and oxygen atoms in total. The molecule has 3 aromatic carbocycles. The second-order valence-corrected chi connectivity index (χ2v) is 13.2. The fourth-order valence-electron chi connectivity index (χ4n) is 7.93. The Labute approximate surface area is 274 Å². The standard InChI is InChI=1S/C37H42FN5O4/c1-23-4-2-6-31(38)34(23)37(46)43-33-7-3-5-25(33)21-30(35(43)24-8-10-27(11-9-24)39-28-14-18-47-19-15-28)36(45)40-29-12-13-32-26(20-29)22-42(41-32)16-17-44/h2,4,6,8-13,20,22,25,28,30,33,35,39,44H,3,5,7,14-19,21H2,1H3,(H,40,45)/t25-,30+,33-,35+/m1/s1. The number of benzene rings is 3. The first-order chi connectivity index (χ1) is 22.9. The summed E-state index contributed by atoms with van der Waals surface area (Å²) in [5.74, 6) is -1.47. The summed E-state index contributed by atoms with van der Waals surface area (Å²) in [6.07, 6.45) is 7.07. The molecule has 3 heterocycles. The number of aryl methyl sites for hydroxylation is 1. The second kappa shape index (κ2) is 13.4. The van der Waals surface area contributed by atoms with Crippen LogP contribution in [0.15, 0.2) is 66.9 Å². The van der Waals surface area contributed by atoms with E-state index in [1.165, 1.54) is 6.07 Å². The molecular formula is C37H42FN5O4. The van der Waals surface area contributed by atoms with Crippen molar-refractivity contribution in [3.8, 4) is 0 Å². The maximum absolute atomic E-state index is 15.4. The van der Waals surface area contributed by atoms with Crippen LogP contribution in [-0.2, 0) is 16.1 Å². The quantitative estimate of drug-likeness (QED) is 0.216. The number of rotatable bonds is 8. The number of carbonyl (C=O) groups excluding carboxylic acids is 2. The fraction of sp³-hybridized carbons (Fsp3) is 0.432. The van der Waals surface area contributed by atoms with Crippen molar-refractivity contribution >= 4 is 34.1 Å². The first-order valence-corrected chi connectivity index (χ1v) is 16.8. The van der Waals surface area contributed by atoms with Crippen LogP contribution in [0.25, 0.3) is 10.9 Å². The van der Waals surface area contributed by atoms with Crippen molar-refractivity contribution in [1.82, 2.24) is 14.7 Å². The molecule has 0 spiro atoms. The van der Waals surface area contributed by atoms with Gasteiger partial charge in [-0.15, -0.1) is 0 Å². The molecule has 1 saturated carbocycles. The molecule has 3 aliphatic rings. The van der Waals surface area contributed by atoms with Gasteiger partial charge in [-0.2, -0.15) is 5.10 Å². The number of aliphatic hydroxyl groups is 1. The molecule has 1 aromatic heterocycles. The topological polar surface area (TPSA) is 109 Å². The zero-order chi connectivity index (χ0) is 32.5. The Bertz CT molecular complexity index is 1730. The number of anilines is 2. The Morgan fingerprint density at radius 1 is 1.02 bits per heavy atom. The first-order valence-electron chi connectivity index (χ1n) is 16.8. The third kappa shape index (κ3) is 6.36. The van der Waals surface area contributed by atoms with Gasteiger partial charge in [-0.25, -0.2) is 4.39 Å². The molecule has 7 rings (SSSR count). The van der Waals surface area contributed by atoms with Crippen molar-refractivity contribution in [1.29, 1.82) is 0 Å². The lowest BCUT2D eigenvalue weighted by Gasteiger charge is -2.48. The van der Waals surface area contributed by atoms with Crippen LogP contribution in [0.5, 0.6) is 0 Å². The van der Waals surface area contributed by atoms with E-state index in [2.05, 4.69) is 15.7 Å². The first kappa shape index (κ1) is 31.3. The molecule has 2 aliphatic heterocycles. The highest BCUT2D eigenvalue weighted by molar-refractivity contribution is 5.99. The van der Waals surface area contributed by atoms with E-state index in [9.17, 15) is 14.7 Å². The maximum atomic E-state index is 15.4. The third-order valence-electron chi connectivity index (χ3n) is 10.2. The fourth-order valence-corrected chi connectivity index (χ4v) is 7.93. The van der Waals surface area contributed by atoms with Crippen molar-refractivity contribution in [3.05, 3.63) is 89.4 Å². The third-order valence-corrected chi connectivity index (χ3v) is 10.2.